The number of primary amides is 1. The lowest BCUT2D eigenvalue weighted by molar-refractivity contribution is -0.255. The summed E-state index contributed by atoms with van der Waals surface area (Å²) in [5, 5.41) is 10.7. The van der Waals surface area contributed by atoms with Gasteiger partial charge in [0.05, 0.1) is 16.6 Å². The number of carboxylic acid groups (broad SMARTS) is 1. The van der Waals surface area contributed by atoms with Crippen molar-refractivity contribution in [2.75, 3.05) is 13.7 Å². The number of methoxy groups -OCH3 is 1. The van der Waals surface area contributed by atoms with Gasteiger partial charge in [-0.25, -0.2) is 0 Å². The summed E-state index contributed by atoms with van der Waals surface area (Å²) in [4.78, 5) is 21.3. The molecule has 0 aliphatic rings. The number of ether oxygens (including phenoxy) is 2. The van der Waals surface area contributed by atoms with Crippen LogP contribution in [-0.2, 0) is 4.79 Å². The molecule has 1 amide bonds. The van der Waals surface area contributed by atoms with Crippen LogP contribution < -0.4 is 20.3 Å². The van der Waals surface area contributed by atoms with E-state index in [2.05, 4.69) is 0 Å². The largest absolute Gasteiger partial charge is 0.545 e. The molecule has 0 saturated heterocycles. The lowest BCUT2D eigenvalue weighted by Crippen LogP contribution is -2.23. The molecule has 0 spiro atoms. The molecular weight excluding hydrogens is 341 g/mol. The van der Waals surface area contributed by atoms with Crippen molar-refractivity contribution in [3.05, 3.63) is 21.3 Å². The van der Waals surface area contributed by atoms with Gasteiger partial charge in [-0.05, 0) is 34.7 Å². The number of hydrogen-bond donors (Lipinski definition) is 1. The normalized spacial score (nSPS) is 9.76. The maximum absolute atomic E-state index is 10.7. The Hall–Kier alpha value is -1.51. The SMILES string of the molecule is COc1cc(C(=O)[O-])cc(I)c1OCC(N)=O. The Balaban J connectivity index is 3.12. The fourth-order valence-corrected chi connectivity index (χ4v) is 1.88. The zero-order valence-corrected chi connectivity index (χ0v) is 11.0. The quantitative estimate of drug-likeness (QED) is 0.724. The monoisotopic (exact) mass is 350 g/mol. The molecule has 0 unspecified atom stereocenters. The van der Waals surface area contributed by atoms with E-state index in [4.69, 9.17) is 15.2 Å². The summed E-state index contributed by atoms with van der Waals surface area (Å²) < 4.78 is 10.6. The molecule has 1 rings (SSSR count). The number of hydrogen-bond acceptors (Lipinski definition) is 5. The summed E-state index contributed by atoms with van der Waals surface area (Å²) in [6, 6.07) is 2.61. The lowest BCUT2D eigenvalue weighted by Gasteiger charge is -2.13. The Morgan fingerprint density at radius 1 is 1.47 bits per heavy atom. The molecular formula is C10H9INO5-. The van der Waals surface area contributed by atoms with Crippen molar-refractivity contribution >= 4 is 34.5 Å². The number of carbonyl (C=O) groups is 2. The van der Waals surface area contributed by atoms with Crippen molar-refractivity contribution < 1.29 is 24.2 Å². The third kappa shape index (κ3) is 3.48. The van der Waals surface area contributed by atoms with Crippen LogP contribution in [0.2, 0.25) is 0 Å². The lowest BCUT2D eigenvalue weighted by atomic mass is 10.2. The van der Waals surface area contributed by atoms with E-state index in [1.165, 1.54) is 19.2 Å². The van der Waals surface area contributed by atoms with Gasteiger partial charge < -0.3 is 25.1 Å². The van der Waals surface area contributed by atoms with Crippen LogP contribution in [0.25, 0.3) is 0 Å². The fraction of sp³-hybridized carbons (Fsp3) is 0.200. The van der Waals surface area contributed by atoms with Crippen molar-refractivity contribution in [1.82, 2.24) is 0 Å². The Morgan fingerprint density at radius 2 is 2.12 bits per heavy atom. The van der Waals surface area contributed by atoms with Crippen molar-refractivity contribution in [3.63, 3.8) is 0 Å². The molecule has 1 aromatic carbocycles. The molecule has 0 radical (unpaired) electrons. The van der Waals surface area contributed by atoms with Gasteiger partial charge in [0.15, 0.2) is 18.1 Å². The highest BCUT2D eigenvalue weighted by molar-refractivity contribution is 14.1. The van der Waals surface area contributed by atoms with Gasteiger partial charge in [-0.1, -0.05) is 0 Å². The second kappa shape index (κ2) is 5.71. The summed E-state index contributed by atoms with van der Waals surface area (Å²) in [6.45, 7) is -0.309. The van der Waals surface area contributed by atoms with E-state index >= 15 is 0 Å². The van der Waals surface area contributed by atoms with E-state index in [9.17, 15) is 14.7 Å². The summed E-state index contributed by atoms with van der Waals surface area (Å²) in [5.74, 6) is -1.47. The molecule has 0 fully saturated rings. The number of halogens is 1. The van der Waals surface area contributed by atoms with E-state index in [1.807, 2.05) is 22.6 Å². The number of aromatic carboxylic acids is 1. The van der Waals surface area contributed by atoms with Crippen LogP contribution >= 0.6 is 22.6 Å². The van der Waals surface area contributed by atoms with Gasteiger partial charge >= 0.3 is 0 Å². The van der Waals surface area contributed by atoms with E-state index in [-0.39, 0.29) is 23.7 Å². The molecule has 0 aromatic heterocycles. The number of carboxylic acids is 1. The topological polar surface area (TPSA) is 102 Å². The average molecular weight is 350 g/mol. The van der Waals surface area contributed by atoms with Crippen molar-refractivity contribution in [1.29, 1.82) is 0 Å². The molecule has 6 nitrogen and oxygen atoms in total. The number of rotatable bonds is 5. The second-order valence-electron chi connectivity index (χ2n) is 3.03. The number of nitrogens with two attached hydrogens (primary N) is 1. The minimum atomic E-state index is -1.32. The summed E-state index contributed by atoms with van der Waals surface area (Å²) >= 11 is 1.87. The highest BCUT2D eigenvalue weighted by Gasteiger charge is 2.12. The minimum absolute atomic E-state index is 0.0299. The van der Waals surface area contributed by atoms with Crippen LogP contribution in [0.3, 0.4) is 0 Å². The standard InChI is InChI=1S/C10H10INO5/c1-16-7-3-5(10(14)15)2-6(11)9(7)17-4-8(12)13/h2-3H,4H2,1H3,(H2,12,13)(H,14,15)/p-1. The molecule has 0 aliphatic heterocycles. The third-order valence-corrected chi connectivity index (χ3v) is 2.63. The van der Waals surface area contributed by atoms with Crippen LogP contribution in [0, 0.1) is 3.57 Å². The summed E-state index contributed by atoms with van der Waals surface area (Å²) in [7, 11) is 1.36. The first-order valence-electron chi connectivity index (χ1n) is 4.45. The van der Waals surface area contributed by atoms with Gasteiger partial charge in [-0.2, -0.15) is 0 Å². The molecule has 0 heterocycles. The van der Waals surface area contributed by atoms with Gasteiger partial charge in [-0.15, -0.1) is 0 Å². The van der Waals surface area contributed by atoms with Crippen molar-refractivity contribution in [3.8, 4) is 11.5 Å². The van der Waals surface area contributed by atoms with Gasteiger partial charge in [-0.3, -0.25) is 4.79 Å². The van der Waals surface area contributed by atoms with E-state index in [0.717, 1.165) is 0 Å². The third-order valence-electron chi connectivity index (χ3n) is 1.82. The predicted octanol–water partition coefficient (Wildman–Crippen LogP) is -0.473. The first-order valence-corrected chi connectivity index (χ1v) is 5.53. The van der Waals surface area contributed by atoms with Crippen LogP contribution in [0.5, 0.6) is 11.5 Å². The van der Waals surface area contributed by atoms with Gasteiger partial charge in [0, 0.05) is 5.56 Å². The minimum Gasteiger partial charge on any atom is -0.545 e. The first kappa shape index (κ1) is 13.6. The molecule has 0 atom stereocenters. The van der Waals surface area contributed by atoms with Crippen LogP contribution in [0.15, 0.2) is 12.1 Å². The molecule has 2 N–H and O–H groups in total. The highest BCUT2D eigenvalue weighted by Crippen LogP contribution is 2.33. The highest BCUT2D eigenvalue weighted by atomic mass is 127. The smallest absolute Gasteiger partial charge is 0.255 e. The van der Waals surface area contributed by atoms with Gasteiger partial charge in [0.25, 0.3) is 5.91 Å². The zero-order chi connectivity index (χ0) is 13.0. The maximum Gasteiger partial charge on any atom is 0.255 e. The van der Waals surface area contributed by atoms with Crippen molar-refractivity contribution in [2.24, 2.45) is 5.73 Å². The Bertz CT molecular complexity index is 460. The molecule has 0 aliphatic carbocycles. The Morgan fingerprint density at radius 3 is 2.59 bits per heavy atom. The zero-order valence-electron chi connectivity index (χ0n) is 8.86. The molecule has 92 valence electrons. The first-order chi connectivity index (χ1) is 7.95. The van der Waals surface area contributed by atoms with Crippen LogP contribution in [0.1, 0.15) is 10.4 Å². The van der Waals surface area contributed by atoms with Crippen molar-refractivity contribution in [2.45, 2.75) is 0 Å². The number of benzene rings is 1. The van der Waals surface area contributed by atoms with Crippen LogP contribution in [0.4, 0.5) is 0 Å². The number of carbonyl (C=O) groups excluding carboxylic acids is 2. The average Bonchev–Trinajstić information content (AvgIpc) is 2.25. The molecule has 17 heavy (non-hydrogen) atoms. The molecule has 0 bridgehead atoms. The molecule has 1 aromatic rings. The maximum atomic E-state index is 10.7. The molecule has 7 heteroatoms. The fourth-order valence-electron chi connectivity index (χ4n) is 1.12. The summed E-state index contributed by atoms with van der Waals surface area (Å²) in [5.41, 5.74) is 4.92. The van der Waals surface area contributed by atoms with Gasteiger partial charge in [0.1, 0.15) is 0 Å². The summed E-state index contributed by atoms with van der Waals surface area (Å²) in [6.07, 6.45) is 0. The molecule has 0 saturated carbocycles. The predicted molar refractivity (Wildman–Crippen MR) is 64.7 cm³/mol. The van der Waals surface area contributed by atoms with E-state index in [0.29, 0.717) is 3.57 Å². The van der Waals surface area contributed by atoms with Crippen LogP contribution in [-0.4, -0.2) is 25.6 Å². The van der Waals surface area contributed by atoms with E-state index in [1.54, 1.807) is 0 Å². The number of amides is 1. The van der Waals surface area contributed by atoms with E-state index < -0.39 is 11.9 Å². The van der Waals surface area contributed by atoms with Gasteiger partial charge in [0.2, 0.25) is 0 Å². The second-order valence-corrected chi connectivity index (χ2v) is 4.19. The Kier molecular flexibility index (Phi) is 4.55. The Labute approximate surface area is 111 Å².